The summed E-state index contributed by atoms with van der Waals surface area (Å²) < 4.78 is 4.93. The third kappa shape index (κ3) is 3.24. The minimum Gasteiger partial charge on any atom is -0.276 e. The van der Waals surface area contributed by atoms with E-state index in [0.717, 1.165) is 33.4 Å². The lowest BCUT2D eigenvalue weighted by Crippen LogP contribution is -2.05. The fourth-order valence-electron chi connectivity index (χ4n) is 7.83. The molecule has 0 radical (unpaired) electrons. The van der Waals surface area contributed by atoms with E-state index in [1.807, 2.05) is 11.3 Å². The maximum absolute atomic E-state index is 5.50. The van der Waals surface area contributed by atoms with Crippen molar-refractivity contribution in [2.24, 2.45) is 11.8 Å². The van der Waals surface area contributed by atoms with Gasteiger partial charge >= 0.3 is 0 Å². The summed E-state index contributed by atoms with van der Waals surface area (Å²) in [5, 5.41) is 11.1. The van der Waals surface area contributed by atoms with E-state index in [2.05, 4.69) is 132 Å². The number of rotatable bonds is 2. The second-order valence-electron chi connectivity index (χ2n) is 12.5. The number of thiophene rings is 1. The molecule has 1 fully saturated rings. The minimum atomic E-state index is 0.622. The van der Waals surface area contributed by atoms with Crippen molar-refractivity contribution in [3.63, 3.8) is 0 Å². The molecule has 2 unspecified atom stereocenters. The molecule has 2 atom stereocenters. The van der Waals surface area contributed by atoms with Crippen LogP contribution in [0.5, 0.6) is 0 Å². The summed E-state index contributed by atoms with van der Waals surface area (Å²) in [6.45, 7) is 0. The topological polar surface area (TPSA) is 30.7 Å². The zero-order valence-corrected chi connectivity index (χ0v) is 25.1. The lowest BCUT2D eigenvalue weighted by atomic mass is 9.98. The maximum Gasteiger partial charge on any atom is 0.235 e. The Morgan fingerprint density at radius 3 is 2.22 bits per heavy atom. The molecule has 210 valence electrons. The first-order valence-corrected chi connectivity index (χ1v) is 16.5. The third-order valence-corrected chi connectivity index (χ3v) is 11.2. The minimum absolute atomic E-state index is 0.622. The van der Waals surface area contributed by atoms with Crippen molar-refractivity contribution in [2.75, 3.05) is 0 Å². The van der Waals surface area contributed by atoms with Crippen molar-refractivity contribution < 1.29 is 0 Å². The highest BCUT2D eigenvalue weighted by molar-refractivity contribution is 7.27. The maximum atomic E-state index is 5.50. The normalized spacial score (nSPS) is 17.7. The average Bonchev–Trinajstić information content (AvgIpc) is 3.65. The van der Waals surface area contributed by atoms with Crippen LogP contribution in [-0.2, 0) is 0 Å². The van der Waals surface area contributed by atoms with Crippen LogP contribution in [0.15, 0.2) is 127 Å². The first-order chi connectivity index (χ1) is 22.3. The van der Waals surface area contributed by atoms with Crippen LogP contribution in [0.4, 0.5) is 0 Å². The molecule has 45 heavy (non-hydrogen) atoms. The summed E-state index contributed by atoms with van der Waals surface area (Å²) in [7, 11) is 0. The summed E-state index contributed by atoms with van der Waals surface area (Å²) in [6, 6.07) is 39.5. The van der Waals surface area contributed by atoms with Gasteiger partial charge in [-0.1, -0.05) is 109 Å². The average molecular weight is 592 g/mol. The van der Waals surface area contributed by atoms with Crippen LogP contribution in [-0.4, -0.2) is 14.5 Å². The van der Waals surface area contributed by atoms with E-state index in [9.17, 15) is 0 Å². The second kappa shape index (κ2) is 8.65. The van der Waals surface area contributed by atoms with Crippen LogP contribution in [0.2, 0.25) is 0 Å². The summed E-state index contributed by atoms with van der Waals surface area (Å²) in [4.78, 5) is 11.0. The summed E-state index contributed by atoms with van der Waals surface area (Å²) >= 11 is 1.88. The van der Waals surface area contributed by atoms with E-state index in [-0.39, 0.29) is 0 Å². The predicted molar refractivity (Wildman–Crippen MR) is 190 cm³/mol. The van der Waals surface area contributed by atoms with Crippen LogP contribution in [0, 0.1) is 11.8 Å². The van der Waals surface area contributed by atoms with Crippen LogP contribution in [0.1, 0.15) is 12.1 Å². The molecule has 9 aromatic rings. The number of hydrogen-bond donors (Lipinski definition) is 0. The van der Waals surface area contributed by atoms with E-state index in [1.165, 1.54) is 64.6 Å². The van der Waals surface area contributed by atoms with Crippen LogP contribution in [0.25, 0.3) is 85.9 Å². The van der Waals surface area contributed by atoms with Crippen LogP contribution >= 0.6 is 11.3 Å². The van der Waals surface area contributed by atoms with Gasteiger partial charge in [0.2, 0.25) is 5.95 Å². The number of fused-ring (bicyclic) bond motifs is 14. The highest BCUT2D eigenvalue weighted by Crippen LogP contribution is 2.49. The lowest BCUT2D eigenvalue weighted by Gasteiger charge is -2.15. The Bertz CT molecular complexity index is 2810. The van der Waals surface area contributed by atoms with Crippen molar-refractivity contribution in [1.29, 1.82) is 0 Å². The van der Waals surface area contributed by atoms with E-state index in [1.54, 1.807) is 0 Å². The Balaban J connectivity index is 1.37. The quantitative estimate of drug-likeness (QED) is 0.187. The van der Waals surface area contributed by atoms with Gasteiger partial charge in [0.25, 0.3) is 0 Å². The number of hydrogen-bond acceptors (Lipinski definition) is 3. The van der Waals surface area contributed by atoms with Crippen molar-refractivity contribution in [1.82, 2.24) is 14.5 Å². The van der Waals surface area contributed by atoms with Crippen LogP contribution < -0.4 is 0 Å². The van der Waals surface area contributed by atoms with Gasteiger partial charge in [-0.2, -0.15) is 0 Å². The Labute approximate surface area is 262 Å². The molecule has 0 N–H and O–H groups in total. The predicted octanol–water partition coefficient (Wildman–Crippen LogP) is 11.0. The lowest BCUT2D eigenvalue weighted by molar-refractivity contribution is 0.975. The third-order valence-electron chi connectivity index (χ3n) is 10.0. The smallest absolute Gasteiger partial charge is 0.235 e. The Morgan fingerprint density at radius 2 is 1.36 bits per heavy atom. The fourth-order valence-corrected chi connectivity index (χ4v) is 9.08. The fraction of sp³-hybridized carbons (Fsp3) is 0.0732. The number of nitrogens with zero attached hydrogens (tertiary/aromatic N) is 3. The van der Waals surface area contributed by atoms with Gasteiger partial charge in [-0.15, -0.1) is 11.3 Å². The molecule has 0 spiro atoms. The number of benzene rings is 6. The van der Waals surface area contributed by atoms with Gasteiger partial charge in [0.1, 0.15) is 0 Å². The zero-order chi connectivity index (χ0) is 29.2. The molecule has 0 saturated heterocycles. The Hall–Kier alpha value is -5.32. The number of allylic oxidation sites excluding steroid dienone is 4. The summed E-state index contributed by atoms with van der Waals surface area (Å²) in [6.07, 6.45) is 8.35. The molecule has 0 amide bonds. The van der Waals surface area contributed by atoms with Gasteiger partial charge in [0.15, 0.2) is 0 Å². The van der Waals surface area contributed by atoms with Gasteiger partial charge in [-0.05, 0) is 58.2 Å². The van der Waals surface area contributed by atoms with Gasteiger partial charge in [-0.25, -0.2) is 9.97 Å². The van der Waals surface area contributed by atoms with Crippen molar-refractivity contribution in [3.8, 4) is 5.95 Å². The zero-order valence-electron chi connectivity index (χ0n) is 24.2. The highest BCUT2D eigenvalue weighted by atomic mass is 32.1. The Kier molecular flexibility index (Phi) is 4.62. The van der Waals surface area contributed by atoms with E-state index >= 15 is 0 Å². The van der Waals surface area contributed by atoms with Gasteiger partial charge in [0.05, 0.1) is 26.9 Å². The Morgan fingerprint density at radius 1 is 0.622 bits per heavy atom. The molecule has 2 aliphatic rings. The molecule has 3 aromatic heterocycles. The van der Waals surface area contributed by atoms with Gasteiger partial charge < -0.3 is 0 Å². The van der Waals surface area contributed by atoms with Crippen molar-refractivity contribution in [2.45, 2.75) is 6.42 Å². The molecule has 2 aliphatic carbocycles. The SMILES string of the molecule is C1=CC2CC2C=C1c1nc(-n2c3ccccc3c3c4ccccc4c4c5ccccc5sc4c32)nc2c1ccc1ccccc12. The molecule has 3 heterocycles. The second-order valence-corrected chi connectivity index (χ2v) is 13.6. The summed E-state index contributed by atoms with van der Waals surface area (Å²) in [5.74, 6) is 2.03. The largest absolute Gasteiger partial charge is 0.276 e. The number of aromatic nitrogens is 3. The molecule has 0 bridgehead atoms. The molecule has 11 rings (SSSR count). The van der Waals surface area contributed by atoms with Crippen molar-refractivity contribution >= 4 is 91.3 Å². The molecule has 0 aliphatic heterocycles. The molecular weight excluding hydrogens is 567 g/mol. The first kappa shape index (κ1) is 24.1. The van der Waals surface area contributed by atoms with Gasteiger partial charge in [-0.3, -0.25) is 4.57 Å². The van der Waals surface area contributed by atoms with E-state index in [4.69, 9.17) is 9.97 Å². The highest BCUT2D eigenvalue weighted by Gasteiger charge is 2.35. The monoisotopic (exact) mass is 591 g/mol. The van der Waals surface area contributed by atoms with Crippen molar-refractivity contribution in [3.05, 3.63) is 133 Å². The molecule has 6 aromatic carbocycles. The van der Waals surface area contributed by atoms with E-state index < -0.39 is 0 Å². The molecule has 4 heteroatoms. The molecule has 3 nitrogen and oxygen atoms in total. The first-order valence-electron chi connectivity index (χ1n) is 15.7. The van der Waals surface area contributed by atoms with Crippen LogP contribution in [0.3, 0.4) is 0 Å². The van der Waals surface area contributed by atoms with E-state index in [0.29, 0.717) is 11.8 Å². The van der Waals surface area contributed by atoms with Gasteiger partial charge in [0, 0.05) is 37.0 Å². The molecule has 1 saturated carbocycles. The standard InChI is InChI=1S/C41H25N3S/c1-2-10-27-23(9-1)19-20-32-37(25-18-17-24-21-26(24)22-25)42-41(43-38(27)32)44-33-15-7-5-13-30(33)35-28-11-3-4-12-29(28)36-31-14-6-8-16-34(31)45-40(36)39(35)44/h1-20,22,24,26H,21H2. The summed E-state index contributed by atoms with van der Waals surface area (Å²) in [5.41, 5.74) is 5.54. The number of para-hydroxylation sites is 1. The molecular formula is C41H25N3S.